The van der Waals surface area contributed by atoms with Gasteiger partial charge in [0.25, 0.3) is 0 Å². The minimum Gasteiger partial charge on any atom is -0.258 e. The summed E-state index contributed by atoms with van der Waals surface area (Å²) in [7, 11) is 0. The molecule has 0 bridgehead atoms. The molecule has 3 heteroatoms. The van der Waals surface area contributed by atoms with E-state index in [1.54, 1.807) is 10.9 Å². The molecule has 0 saturated heterocycles. The smallest absolute Gasteiger partial charge is 0.128 e. The van der Waals surface area contributed by atoms with Crippen molar-refractivity contribution in [3.05, 3.63) is 48.3 Å². The Balaban J connectivity index is 2.39. The highest BCUT2D eigenvalue weighted by molar-refractivity contribution is 5.67. The molecule has 1 aromatic heterocycles. The summed E-state index contributed by atoms with van der Waals surface area (Å²) >= 11 is 0. The molecule has 0 aliphatic carbocycles. The fourth-order valence-electron chi connectivity index (χ4n) is 1.71. The van der Waals surface area contributed by atoms with Crippen molar-refractivity contribution >= 4 is 6.08 Å². The summed E-state index contributed by atoms with van der Waals surface area (Å²) in [6, 6.07) is 8.26. The van der Waals surface area contributed by atoms with Crippen LogP contribution in [0, 0.1) is 18.3 Å². The minimum absolute atomic E-state index is 0.278. The van der Waals surface area contributed by atoms with Crippen molar-refractivity contribution in [3.8, 4) is 17.2 Å². The first-order chi connectivity index (χ1) is 8.24. The summed E-state index contributed by atoms with van der Waals surface area (Å²) in [6.45, 7) is 6.13. The highest BCUT2D eigenvalue weighted by atomic mass is 15.3. The molecular weight excluding hydrogens is 210 g/mol. The predicted octanol–water partition coefficient (Wildman–Crippen LogP) is 3.03. The Kier molecular flexibility index (Phi) is 3.06. The third-order valence-corrected chi connectivity index (χ3v) is 2.70. The van der Waals surface area contributed by atoms with Crippen molar-refractivity contribution in [2.24, 2.45) is 0 Å². The average molecular weight is 223 g/mol. The van der Waals surface area contributed by atoms with Crippen LogP contribution in [0.5, 0.6) is 0 Å². The molecule has 17 heavy (non-hydrogen) atoms. The van der Waals surface area contributed by atoms with E-state index in [1.165, 1.54) is 5.56 Å². The van der Waals surface area contributed by atoms with E-state index in [1.807, 2.05) is 12.3 Å². The van der Waals surface area contributed by atoms with Crippen LogP contribution in [0.1, 0.15) is 11.1 Å². The van der Waals surface area contributed by atoms with Crippen molar-refractivity contribution < 1.29 is 0 Å². The van der Waals surface area contributed by atoms with Crippen molar-refractivity contribution in [2.75, 3.05) is 0 Å². The molecule has 2 rings (SSSR count). The van der Waals surface area contributed by atoms with Gasteiger partial charge in [-0.05, 0) is 29.7 Å². The molecule has 0 aliphatic heterocycles. The zero-order chi connectivity index (χ0) is 12.3. The van der Waals surface area contributed by atoms with Crippen LogP contribution in [0.25, 0.3) is 17.2 Å². The van der Waals surface area contributed by atoms with Crippen molar-refractivity contribution in [1.82, 2.24) is 9.78 Å². The first-order valence-electron chi connectivity index (χ1n) is 5.37. The number of nitrogens with zero attached hydrogens (tertiary/aromatic N) is 3. The molecule has 84 valence electrons. The maximum absolute atomic E-state index is 8.59. The second kappa shape index (κ2) is 4.67. The summed E-state index contributed by atoms with van der Waals surface area (Å²) in [4.78, 5) is 0. The Morgan fingerprint density at radius 1 is 1.47 bits per heavy atom. The van der Waals surface area contributed by atoms with E-state index in [0.29, 0.717) is 0 Å². The summed E-state index contributed by atoms with van der Waals surface area (Å²) in [5.41, 5.74) is 4.43. The standard InChI is InChI=1S/C14H13N3/c1-3-12-8-13(5-4-11(12)2)14-9-16-17(10-14)7-6-15/h3-5,8-10H,1,7H2,2H3. The van der Waals surface area contributed by atoms with Gasteiger partial charge in [-0.1, -0.05) is 24.8 Å². The highest BCUT2D eigenvalue weighted by Gasteiger charge is 2.03. The van der Waals surface area contributed by atoms with E-state index >= 15 is 0 Å². The number of hydrogen-bond donors (Lipinski definition) is 0. The van der Waals surface area contributed by atoms with E-state index in [2.05, 4.69) is 42.9 Å². The van der Waals surface area contributed by atoms with E-state index < -0.39 is 0 Å². The van der Waals surface area contributed by atoms with Crippen LogP contribution in [0.2, 0.25) is 0 Å². The van der Waals surface area contributed by atoms with E-state index in [4.69, 9.17) is 5.26 Å². The van der Waals surface area contributed by atoms with Gasteiger partial charge in [0, 0.05) is 11.8 Å². The monoisotopic (exact) mass is 223 g/mol. The zero-order valence-electron chi connectivity index (χ0n) is 9.72. The molecule has 0 spiro atoms. The minimum atomic E-state index is 0.278. The van der Waals surface area contributed by atoms with Gasteiger partial charge in [0.1, 0.15) is 6.54 Å². The normalized spacial score (nSPS) is 9.88. The van der Waals surface area contributed by atoms with Crippen LogP contribution in [0.3, 0.4) is 0 Å². The number of rotatable bonds is 3. The first kappa shape index (κ1) is 11.2. The zero-order valence-corrected chi connectivity index (χ0v) is 9.72. The molecule has 0 unspecified atom stereocenters. The van der Waals surface area contributed by atoms with Gasteiger partial charge in [-0.25, -0.2) is 0 Å². The van der Waals surface area contributed by atoms with Crippen molar-refractivity contribution in [3.63, 3.8) is 0 Å². The molecule has 0 saturated carbocycles. The lowest BCUT2D eigenvalue weighted by atomic mass is 10.0. The topological polar surface area (TPSA) is 41.6 Å². The van der Waals surface area contributed by atoms with Crippen LogP contribution >= 0.6 is 0 Å². The average Bonchev–Trinajstić information content (AvgIpc) is 2.79. The van der Waals surface area contributed by atoms with Crippen LogP contribution < -0.4 is 0 Å². The van der Waals surface area contributed by atoms with Gasteiger partial charge in [-0.15, -0.1) is 0 Å². The Bertz CT molecular complexity index is 588. The lowest BCUT2D eigenvalue weighted by Gasteiger charge is -2.03. The number of aryl methyl sites for hydroxylation is 1. The van der Waals surface area contributed by atoms with Gasteiger partial charge >= 0.3 is 0 Å². The van der Waals surface area contributed by atoms with Crippen LogP contribution in [-0.2, 0) is 6.54 Å². The Hall–Kier alpha value is -2.34. The van der Waals surface area contributed by atoms with E-state index in [0.717, 1.165) is 16.7 Å². The highest BCUT2D eigenvalue weighted by Crippen LogP contribution is 2.22. The quantitative estimate of drug-likeness (QED) is 0.802. The molecule has 0 fully saturated rings. The maximum Gasteiger partial charge on any atom is 0.128 e. The molecule has 0 amide bonds. The van der Waals surface area contributed by atoms with Gasteiger partial charge < -0.3 is 0 Å². The third kappa shape index (κ3) is 2.26. The summed E-state index contributed by atoms with van der Waals surface area (Å²) in [5, 5.41) is 12.7. The maximum atomic E-state index is 8.59. The molecule has 0 aliphatic rings. The van der Waals surface area contributed by atoms with Crippen LogP contribution in [-0.4, -0.2) is 9.78 Å². The molecule has 2 aromatic rings. The summed E-state index contributed by atoms with van der Waals surface area (Å²) in [5.74, 6) is 0. The number of nitriles is 1. The molecule has 1 heterocycles. The lowest BCUT2D eigenvalue weighted by Crippen LogP contribution is -1.94. The lowest BCUT2D eigenvalue weighted by molar-refractivity contribution is 0.710. The molecule has 0 N–H and O–H groups in total. The fourth-order valence-corrected chi connectivity index (χ4v) is 1.71. The van der Waals surface area contributed by atoms with E-state index in [9.17, 15) is 0 Å². The summed E-state index contributed by atoms with van der Waals surface area (Å²) < 4.78 is 1.63. The number of benzene rings is 1. The van der Waals surface area contributed by atoms with Gasteiger partial charge in [0.2, 0.25) is 0 Å². The number of hydrogen-bond acceptors (Lipinski definition) is 2. The third-order valence-electron chi connectivity index (χ3n) is 2.70. The van der Waals surface area contributed by atoms with Gasteiger partial charge in [0.15, 0.2) is 0 Å². The van der Waals surface area contributed by atoms with Crippen LogP contribution in [0.4, 0.5) is 0 Å². The second-order valence-corrected chi connectivity index (χ2v) is 3.86. The van der Waals surface area contributed by atoms with Crippen molar-refractivity contribution in [1.29, 1.82) is 5.26 Å². The molecule has 0 atom stereocenters. The SMILES string of the molecule is C=Cc1cc(-c2cnn(CC#N)c2)ccc1C. The molecule has 1 aromatic carbocycles. The molecule has 0 radical (unpaired) electrons. The largest absolute Gasteiger partial charge is 0.258 e. The Labute approximate surface area is 101 Å². The Morgan fingerprint density at radius 2 is 2.29 bits per heavy atom. The first-order valence-corrected chi connectivity index (χ1v) is 5.37. The van der Waals surface area contributed by atoms with Gasteiger partial charge in [0.05, 0.1) is 12.3 Å². The van der Waals surface area contributed by atoms with E-state index in [-0.39, 0.29) is 6.54 Å². The van der Waals surface area contributed by atoms with Crippen LogP contribution in [0.15, 0.2) is 37.2 Å². The summed E-state index contributed by atoms with van der Waals surface area (Å²) in [6.07, 6.45) is 5.49. The fraction of sp³-hybridized carbons (Fsp3) is 0.143. The Morgan fingerprint density at radius 3 is 3.00 bits per heavy atom. The number of aromatic nitrogens is 2. The van der Waals surface area contributed by atoms with Gasteiger partial charge in [-0.3, -0.25) is 4.68 Å². The van der Waals surface area contributed by atoms with Crippen molar-refractivity contribution in [2.45, 2.75) is 13.5 Å². The molecular formula is C14H13N3. The molecule has 3 nitrogen and oxygen atoms in total. The van der Waals surface area contributed by atoms with Gasteiger partial charge in [-0.2, -0.15) is 10.4 Å². The second-order valence-electron chi connectivity index (χ2n) is 3.86. The predicted molar refractivity (Wildman–Crippen MR) is 68.1 cm³/mol.